The van der Waals surface area contributed by atoms with E-state index in [0.717, 1.165) is 25.9 Å². The predicted molar refractivity (Wildman–Crippen MR) is 49.1 cm³/mol. The highest BCUT2D eigenvalue weighted by Crippen LogP contribution is 2.24. The van der Waals surface area contributed by atoms with Crippen LogP contribution in [0.2, 0.25) is 0 Å². The van der Waals surface area contributed by atoms with E-state index in [4.69, 9.17) is 0 Å². The molecule has 1 fully saturated rings. The summed E-state index contributed by atoms with van der Waals surface area (Å²) < 4.78 is 0. The van der Waals surface area contributed by atoms with Crippen LogP contribution in [0.4, 0.5) is 0 Å². The van der Waals surface area contributed by atoms with Gasteiger partial charge in [-0.05, 0) is 12.8 Å². The van der Waals surface area contributed by atoms with Crippen molar-refractivity contribution in [1.29, 1.82) is 0 Å². The molecule has 12 heavy (non-hydrogen) atoms. The van der Waals surface area contributed by atoms with Gasteiger partial charge in [0.2, 0.25) is 0 Å². The molecule has 0 saturated carbocycles. The Morgan fingerprint density at radius 3 is 2.50 bits per heavy atom. The van der Waals surface area contributed by atoms with Crippen LogP contribution in [0, 0.1) is 11.3 Å². The third-order valence-electron chi connectivity index (χ3n) is 2.33. The van der Waals surface area contributed by atoms with E-state index in [0.29, 0.717) is 5.78 Å². The summed E-state index contributed by atoms with van der Waals surface area (Å²) in [7, 11) is 0. The summed E-state index contributed by atoms with van der Waals surface area (Å²) >= 11 is 0. The van der Waals surface area contributed by atoms with E-state index in [1.54, 1.807) is 0 Å². The summed E-state index contributed by atoms with van der Waals surface area (Å²) in [6, 6.07) is 0. The van der Waals surface area contributed by atoms with Gasteiger partial charge in [-0.3, -0.25) is 4.79 Å². The summed E-state index contributed by atoms with van der Waals surface area (Å²) in [4.78, 5) is 11.8. The molecule has 1 atom stereocenters. The van der Waals surface area contributed by atoms with Gasteiger partial charge >= 0.3 is 0 Å². The molecule has 1 rings (SSSR count). The molecule has 1 unspecified atom stereocenters. The maximum Gasteiger partial charge on any atom is 0.142 e. The number of carbonyl (C=O) groups excluding carboxylic acids is 1. The highest BCUT2D eigenvalue weighted by molar-refractivity contribution is 5.86. The van der Waals surface area contributed by atoms with Crippen molar-refractivity contribution >= 4 is 5.78 Å². The molecule has 0 spiro atoms. The molecule has 0 aliphatic carbocycles. The van der Waals surface area contributed by atoms with Crippen molar-refractivity contribution in [3.8, 4) is 0 Å². The zero-order chi connectivity index (χ0) is 9.19. The molecular weight excluding hydrogens is 150 g/mol. The van der Waals surface area contributed by atoms with Gasteiger partial charge in [-0.15, -0.1) is 0 Å². The molecule has 2 heteroatoms. The van der Waals surface area contributed by atoms with Crippen LogP contribution in [0.3, 0.4) is 0 Å². The molecule has 1 saturated heterocycles. The van der Waals surface area contributed by atoms with Crippen LogP contribution >= 0.6 is 0 Å². The molecule has 2 nitrogen and oxygen atoms in total. The Kier molecular flexibility index (Phi) is 2.89. The molecule has 1 aliphatic rings. The summed E-state index contributed by atoms with van der Waals surface area (Å²) in [6.45, 7) is 7.68. The number of hydrogen-bond acceptors (Lipinski definition) is 1. The molecule has 0 N–H and O–H groups in total. The van der Waals surface area contributed by atoms with Crippen LogP contribution in [-0.2, 0) is 4.79 Å². The van der Waals surface area contributed by atoms with Gasteiger partial charge in [0, 0.05) is 24.4 Å². The second-order valence-corrected chi connectivity index (χ2v) is 4.58. The first-order valence-corrected chi connectivity index (χ1v) is 4.69. The topological polar surface area (TPSA) is 31.2 Å². The first kappa shape index (κ1) is 9.72. The average molecular weight is 168 g/mol. The lowest BCUT2D eigenvalue weighted by molar-refractivity contribution is -0.130. The fraction of sp³-hybridized carbons (Fsp3) is 0.900. The largest absolute Gasteiger partial charge is 0.299 e. The van der Waals surface area contributed by atoms with Gasteiger partial charge in [0.1, 0.15) is 5.78 Å². The van der Waals surface area contributed by atoms with E-state index < -0.39 is 0 Å². The van der Waals surface area contributed by atoms with Crippen LogP contribution in [0.25, 0.3) is 0 Å². The van der Waals surface area contributed by atoms with E-state index in [1.165, 1.54) is 0 Å². The van der Waals surface area contributed by atoms with E-state index >= 15 is 0 Å². The summed E-state index contributed by atoms with van der Waals surface area (Å²) in [5.41, 5.74) is -0.183. The van der Waals surface area contributed by atoms with Crippen molar-refractivity contribution < 1.29 is 4.79 Å². The highest BCUT2D eigenvalue weighted by atomic mass is 16.1. The molecule has 1 heterocycles. The van der Waals surface area contributed by atoms with Gasteiger partial charge in [-0.25, -0.2) is 5.32 Å². The Morgan fingerprint density at radius 2 is 2.08 bits per heavy atom. The third kappa shape index (κ3) is 2.31. The second-order valence-electron chi connectivity index (χ2n) is 4.58. The predicted octanol–water partition coefficient (Wildman–Crippen LogP) is 1.62. The van der Waals surface area contributed by atoms with Crippen molar-refractivity contribution in [1.82, 2.24) is 5.32 Å². The summed E-state index contributed by atoms with van der Waals surface area (Å²) in [6.07, 6.45) is 2.13. The molecule has 0 aromatic rings. The molecule has 0 aromatic carbocycles. The Hall–Kier alpha value is -0.370. The SMILES string of the molecule is CC(C)(C)C(=O)C1CCC[N]C1. The minimum atomic E-state index is -0.183. The van der Waals surface area contributed by atoms with Crippen LogP contribution in [-0.4, -0.2) is 18.9 Å². The smallest absolute Gasteiger partial charge is 0.142 e. The standard InChI is InChI=1S/C10H18NO/c1-10(2,3)9(12)8-5-4-6-11-7-8/h8H,4-7H2,1-3H3. The van der Waals surface area contributed by atoms with E-state index in [9.17, 15) is 4.79 Å². The molecule has 1 aliphatic heterocycles. The van der Waals surface area contributed by atoms with Crippen molar-refractivity contribution in [3.63, 3.8) is 0 Å². The average Bonchev–Trinajstić information content (AvgIpc) is 2.03. The van der Waals surface area contributed by atoms with Gasteiger partial charge < -0.3 is 0 Å². The normalized spacial score (nSPS) is 25.4. The Morgan fingerprint density at radius 1 is 1.42 bits per heavy atom. The monoisotopic (exact) mass is 168 g/mol. The maximum absolute atomic E-state index is 11.8. The van der Waals surface area contributed by atoms with Crippen LogP contribution in [0.5, 0.6) is 0 Å². The zero-order valence-electron chi connectivity index (χ0n) is 8.26. The van der Waals surface area contributed by atoms with Crippen LogP contribution in [0.15, 0.2) is 0 Å². The summed E-state index contributed by atoms with van der Waals surface area (Å²) in [5, 5.41) is 4.27. The van der Waals surface area contributed by atoms with Gasteiger partial charge in [0.05, 0.1) is 0 Å². The number of nitrogens with zero attached hydrogens (tertiary/aromatic N) is 1. The lowest BCUT2D eigenvalue weighted by Crippen LogP contribution is -2.36. The summed E-state index contributed by atoms with van der Waals surface area (Å²) in [5.74, 6) is 0.588. The number of piperidine rings is 1. The number of carbonyl (C=O) groups is 1. The van der Waals surface area contributed by atoms with Crippen molar-refractivity contribution in [2.45, 2.75) is 33.6 Å². The Bertz CT molecular complexity index is 163. The van der Waals surface area contributed by atoms with Gasteiger partial charge in [-0.1, -0.05) is 20.8 Å². The number of ketones is 1. The number of Topliss-reactive ketones (excluding diaryl/α,β-unsaturated/α-hetero) is 1. The minimum absolute atomic E-state index is 0.183. The molecule has 69 valence electrons. The molecule has 1 radical (unpaired) electrons. The van der Waals surface area contributed by atoms with Crippen LogP contribution in [0.1, 0.15) is 33.6 Å². The van der Waals surface area contributed by atoms with Crippen molar-refractivity contribution in [2.24, 2.45) is 11.3 Å². The highest BCUT2D eigenvalue weighted by Gasteiger charge is 2.30. The molecule has 0 bridgehead atoms. The Balaban J connectivity index is 2.51. The van der Waals surface area contributed by atoms with E-state index in [-0.39, 0.29) is 11.3 Å². The lowest BCUT2D eigenvalue weighted by atomic mass is 9.80. The van der Waals surface area contributed by atoms with Gasteiger partial charge in [-0.2, -0.15) is 0 Å². The van der Waals surface area contributed by atoms with Gasteiger partial charge in [0.25, 0.3) is 0 Å². The molecule has 0 amide bonds. The van der Waals surface area contributed by atoms with Gasteiger partial charge in [0.15, 0.2) is 0 Å². The van der Waals surface area contributed by atoms with Crippen molar-refractivity contribution in [3.05, 3.63) is 0 Å². The Labute approximate surface area is 74.7 Å². The van der Waals surface area contributed by atoms with E-state index in [2.05, 4.69) is 5.32 Å². The second kappa shape index (κ2) is 3.56. The van der Waals surface area contributed by atoms with Crippen molar-refractivity contribution in [2.75, 3.05) is 13.1 Å². The fourth-order valence-electron chi connectivity index (χ4n) is 1.61. The first-order valence-electron chi connectivity index (χ1n) is 4.69. The number of hydrogen-bond donors (Lipinski definition) is 0. The zero-order valence-corrected chi connectivity index (χ0v) is 8.26. The fourth-order valence-corrected chi connectivity index (χ4v) is 1.61. The maximum atomic E-state index is 11.8. The lowest BCUT2D eigenvalue weighted by Gasteiger charge is -2.27. The van der Waals surface area contributed by atoms with Crippen LogP contribution < -0.4 is 5.32 Å². The molecular formula is C10H18NO. The number of rotatable bonds is 1. The molecule has 0 aromatic heterocycles. The van der Waals surface area contributed by atoms with E-state index in [1.807, 2.05) is 20.8 Å². The first-order chi connectivity index (χ1) is 5.52. The minimum Gasteiger partial charge on any atom is -0.299 e. The quantitative estimate of drug-likeness (QED) is 0.585. The third-order valence-corrected chi connectivity index (χ3v) is 2.33.